The van der Waals surface area contributed by atoms with Gasteiger partial charge in [-0.15, -0.1) is 6.42 Å². The largest absolute Gasteiger partial charge is 0.357 e. The number of rotatable bonds is 8. The van der Waals surface area contributed by atoms with Gasteiger partial charge in [-0.25, -0.2) is 4.98 Å². The van der Waals surface area contributed by atoms with Gasteiger partial charge in [0.1, 0.15) is 5.82 Å². The third kappa shape index (κ3) is 4.35. The van der Waals surface area contributed by atoms with Crippen molar-refractivity contribution in [1.82, 2.24) is 4.98 Å². The minimum Gasteiger partial charge on any atom is -0.357 e. The molecule has 0 spiro atoms. The monoisotopic (exact) mass is 356 g/mol. The van der Waals surface area contributed by atoms with E-state index >= 15 is 0 Å². The lowest BCUT2D eigenvalue weighted by Gasteiger charge is -2.23. The first-order chi connectivity index (χ1) is 13.3. The van der Waals surface area contributed by atoms with Crippen molar-refractivity contribution in [2.24, 2.45) is 0 Å². The van der Waals surface area contributed by atoms with Crippen LogP contribution >= 0.6 is 0 Å². The van der Waals surface area contributed by atoms with Crippen LogP contribution in [0.25, 0.3) is 10.8 Å². The van der Waals surface area contributed by atoms with Crippen molar-refractivity contribution < 1.29 is 4.79 Å². The van der Waals surface area contributed by atoms with E-state index in [0.717, 1.165) is 55.2 Å². The van der Waals surface area contributed by atoms with Crippen molar-refractivity contribution in [3.8, 4) is 12.3 Å². The number of fused-ring (bicyclic) bond motifs is 1. The molecule has 27 heavy (non-hydrogen) atoms. The molecule has 0 aliphatic rings. The van der Waals surface area contributed by atoms with Crippen molar-refractivity contribution in [3.63, 3.8) is 0 Å². The number of carbonyl (C=O) groups is 1. The molecule has 0 fully saturated rings. The smallest absolute Gasteiger partial charge is 0.151 e. The van der Waals surface area contributed by atoms with Crippen LogP contribution in [0.2, 0.25) is 0 Å². The first kappa shape index (κ1) is 18.7. The normalized spacial score (nSPS) is 10.5. The van der Waals surface area contributed by atoms with Gasteiger partial charge in [-0.2, -0.15) is 0 Å². The molecule has 1 aromatic heterocycles. The third-order valence-corrected chi connectivity index (χ3v) is 4.76. The summed E-state index contributed by atoms with van der Waals surface area (Å²) in [5, 5.41) is 1.98. The molecule has 3 rings (SSSR count). The molecule has 0 aliphatic heterocycles. The van der Waals surface area contributed by atoms with Crippen LogP contribution in [0, 0.1) is 12.3 Å². The first-order valence-electron chi connectivity index (χ1n) is 9.40. The highest BCUT2D eigenvalue weighted by Crippen LogP contribution is 2.23. The number of terminal acetylenes is 1. The summed E-state index contributed by atoms with van der Waals surface area (Å²) >= 11 is 0. The van der Waals surface area contributed by atoms with Gasteiger partial charge in [0.25, 0.3) is 0 Å². The van der Waals surface area contributed by atoms with E-state index in [1.54, 1.807) is 0 Å². The summed E-state index contributed by atoms with van der Waals surface area (Å²) in [6, 6.07) is 16.2. The molecule has 0 bridgehead atoms. The Kier molecular flexibility index (Phi) is 6.22. The predicted molar refractivity (Wildman–Crippen MR) is 112 cm³/mol. The van der Waals surface area contributed by atoms with Gasteiger partial charge in [0.2, 0.25) is 0 Å². The fourth-order valence-electron chi connectivity index (χ4n) is 3.44. The summed E-state index contributed by atoms with van der Waals surface area (Å²) in [5.41, 5.74) is 2.52. The molecule has 0 saturated carbocycles. The second-order valence-electron chi connectivity index (χ2n) is 6.62. The molecule has 0 unspecified atom stereocenters. The van der Waals surface area contributed by atoms with Crippen molar-refractivity contribution in [2.45, 2.75) is 26.2 Å². The van der Waals surface area contributed by atoms with Crippen LogP contribution in [0.5, 0.6) is 0 Å². The van der Waals surface area contributed by atoms with Gasteiger partial charge in [0.05, 0.1) is 0 Å². The molecule has 3 aromatic rings. The van der Waals surface area contributed by atoms with Gasteiger partial charge in [-0.05, 0) is 53.8 Å². The maximum absolute atomic E-state index is 11.4. The lowest BCUT2D eigenvalue weighted by molar-refractivity contribution is 0.112. The van der Waals surface area contributed by atoms with Crippen molar-refractivity contribution in [1.29, 1.82) is 0 Å². The molecule has 3 heteroatoms. The molecule has 2 aromatic carbocycles. The summed E-state index contributed by atoms with van der Waals surface area (Å²) in [6.07, 6.45) is 11.3. The van der Waals surface area contributed by atoms with Crippen LogP contribution in [0.3, 0.4) is 0 Å². The number of hydrogen-bond donors (Lipinski definition) is 0. The highest BCUT2D eigenvalue weighted by molar-refractivity contribution is 6.00. The third-order valence-electron chi connectivity index (χ3n) is 4.76. The Hall–Kier alpha value is -3.12. The molecule has 0 atom stereocenters. The number of hydrogen-bond acceptors (Lipinski definition) is 3. The molecule has 1 heterocycles. The van der Waals surface area contributed by atoms with Crippen LogP contribution < -0.4 is 4.90 Å². The number of aldehydes is 1. The van der Waals surface area contributed by atoms with Crippen molar-refractivity contribution in [2.75, 3.05) is 18.0 Å². The van der Waals surface area contributed by atoms with E-state index < -0.39 is 0 Å². The second-order valence-corrected chi connectivity index (χ2v) is 6.62. The first-order valence-corrected chi connectivity index (χ1v) is 9.40. The Morgan fingerprint density at radius 1 is 1.15 bits per heavy atom. The van der Waals surface area contributed by atoms with Crippen LogP contribution in [-0.2, 0) is 6.42 Å². The number of anilines is 1. The Morgan fingerprint density at radius 3 is 2.74 bits per heavy atom. The second kappa shape index (κ2) is 9.00. The number of nitrogens with zero attached hydrogens (tertiary/aromatic N) is 2. The number of benzene rings is 2. The Morgan fingerprint density at radius 2 is 2.04 bits per heavy atom. The van der Waals surface area contributed by atoms with Crippen LogP contribution in [-0.4, -0.2) is 24.4 Å². The van der Waals surface area contributed by atoms with Gasteiger partial charge in [0, 0.05) is 30.4 Å². The van der Waals surface area contributed by atoms with E-state index in [1.165, 1.54) is 5.56 Å². The summed E-state index contributed by atoms with van der Waals surface area (Å²) < 4.78 is 0. The molecular formula is C24H24N2O. The SMILES string of the molecule is C#Cc1ccc2cc(CCCN(CCC)c3ccccn3)ccc2c1C=O. The minimum atomic E-state index is 0.603. The minimum absolute atomic E-state index is 0.603. The quantitative estimate of drug-likeness (QED) is 0.426. The fraction of sp³-hybridized carbons (Fsp3) is 0.250. The van der Waals surface area contributed by atoms with Gasteiger partial charge >= 0.3 is 0 Å². The van der Waals surface area contributed by atoms with E-state index in [1.807, 2.05) is 36.5 Å². The van der Waals surface area contributed by atoms with Crippen molar-refractivity contribution >= 4 is 22.9 Å². The maximum atomic E-state index is 11.4. The molecular weight excluding hydrogens is 332 g/mol. The van der Waals surface area contributed by atoms with Gasteiger partial charge in [-0.3, -0.25) is 4.79 Å². The topological polar surface area (TPSA) is 33.2 Å². The lowest BCUT2D eigenvalue weighted by Crippen LogP contribution is -2.26. The average molecular weight is 356 g/mol. The Balaban J connectivity index is 1.71. The van der Waals surface area contributed by atoms with Crippen LogP contribution in [0.4, 0.5) is 5.82 Å². The van der Waals surface area contributed by atoms with Gasteiger partial charge in [0.15, 0.2) is 6.29 Å². The predicted octanol–water partition coefficient (Wildman–Crippen LogP) is 4.88. The highest BCUT2D eigenvalue weighted by atomic mass is 16.1. The molecule has 3 nitrogen and oxygen atoms in total. The Bertz CT molecular complexity index is 957. The number of aromatic nitrogens is 1. The molecule has 0 radical (unpaired) electrons. The lowest BCUT2D eigenvalue weighted by atomic mass is 9.97. The Labute approximate surface area is 161 Å². The molecule has 0 amide bonds. The zero-order valence-corrected chi connectivity index (χ0v) is 15.7. The zero-order chi connectivity index (χ0) is 19.1. The molecule has 0 N–H and O–H groups in total. The molecule has 0 aliphatic carbocycles. The number of carbonyl (C=O) groups excluding carboxylic acids is 1. The van der Waals surface area contributed by atoms with E-state index in [-0.39, 0.29) is 0 Å². The van der Waals surface area contributed by atoms with Crippen molar-refractivity contribution in [3.05, 3.63) is 71.4 Å². The van der Waals surface area contributed by atoms with E-state index in [4.69, 9.17) is 6.42 Å². The summed E-state index contributed by atoms with van der Waals surface area (Å²) in [7, 11) is 0. The zero-order valence-electron chi connectivity index (χ0n) is 15.7. The van der Waals surface area contributed by atoms with E-state index in [0.29, 0.717) is 11.1 Å². The molecule has 136 valence electrons. The van der Waals surface area contributed by atoms with Crippen LogP contribution in [0.15, 0.2) is 54.7 Å². The number of pyridine rings is 1. The fourth-order valence-corrected chi connectivity index (χ4v) is 3.44. The maximum Gasteiger partial charge on any atom is 0.151 e. The molecule has 0 saturated heterocycles. The standard InChI is InChI=1S/C24H24N2O/c1-3-15-26(24-9-5-6-14-25-24)16-7-8-19-10-13-22-21(17-19)12-11-20(4-2)23(22)18-27/h2,5-6,9-14,17-18H,3,7-8,15-16H2,1H3. The summed E-state index contributed by atoms with van der Waals surface area (Å²) in [6.45, 7) is 4.17. The summed E-state index contributed by atoms with van der Waals surface area (Å²) in [5.74, 6) is 3.62. The van der Waals surface area contributed by atoms with Gasteiger partial charge < -0.3 is 4.90 Å². The summed E-state index contributed by atoms with van der Waals surface area (Å²) in [4.78, 5) is 18.2. The van der Waals surface area contributed by atoms with Gasteiger partial charge in [-0.1, -0.05) is 43.2 Å². The average Bonchev–Trinajstić information content (AvgIpc) is 2.72. The van der Waals surface area contributed by atoms with E-state index in [2.05, 4.69) is 40.9 Å². The van der Waals surface area contributed by atoms with Crippen LogP contribution in [0.1, 0.15) is 41.3 Å². The van der Waals surface area contributed by atoms with E-state index in [9.17, 15) is 4.79 Å². The highest BCUT2D eigenvalue weighted by Gasteiger charge is 2.08. The number of aryl methyl sites for hydroxylation is 1.